The number of ether oxygens (including phenoxy) is 2. The maximum Gasteiger partial charge on any atom is 0.341 e. The standard InChI is InChI=1S/C11H13FO3/c1-7(2)15-10-5-4-8(12)6-9(10)11(13)14-3/h4-7H,1-3H3. The Bertz CT molecular complexity index is 361. The number of methoxy groups -OCH3 is 1. The zero-order valence-electron chi connectivity index (χ0n) is 8.91. The van der Waals surface area contributed by atoms with Crippen LogP contribution in [0.2, 0.25) is 0 Å². The van der Waals surface area contributed by atoms with Gasteiger partial charge in [-0.3, -0.25) is 0 Å². The Balaban J connectivity index is 3.08. The molecule has 0 amide bonds. The second kappa shape index (κ2) is 4.77. The summed E-state index contributed by atoms with van der Waals surface area (Å²) in [5.74, 6) is -0.769. The molecule has 3 nitrogen and oxygen atoms in total. The third-order valence-corrected chi connectivity index (χ3v) is 1.71. The predicted octanol–water partition coefficient (Wildman–Crippen LogP) is 2.40. The quantitative estimate of drug-likeness (QED) is 0.722. The second-order valence-electron chi connectivity index (χ2n) is 3.30. The highest BCUT2D eigenvalue weighted by atomic mass is 19.1. The first kappa shape index (κ1) is 11.5. The van der Waals surface area contributed by atoms with E-state index in [1.165, 1.54) is 19.2 Å². The molecule has 1 rings (SSSR count). The maximum atomic E-state index is 12.9. The Morgan fingerprint density at radius 1 is 1.40 bits per heavy atom. The molecule has 0 atom stereocenters. The SMILES string of the molecule is COC(=O)c1cc(F)ccc1OC(C)C. The van der Waals surface area contributed by atoms with E-state index in [4.69, 9.17) is 4.74 Å². The smallest absolute Gasteiger partial charge is 0.341 e. The van der Waals surface area contributed by atoms with Crippen LogP contribution < -0.4 is 4.74 Å². The Morgan fingerprint density at radius 2 is 2.07 bits per heavy atom. The number of esters is 1. The molecule has 0 spiro atoms. The van der Waals surface area contributed by atoms with Crippen molar-refractivity contribution in [2.45, 2.75) is 20.0 Å². The van der Waals surface area contributed by atoms with Crippen molar-refractivity contribution in [1.82, 2.24) is 0 Å². The summed E-state index contributed by atoms with van der Waals surface area (Å²) in [6.45, 7) is 3.65. The van der Waals surface area contributed by atoms with Gasteiger partial charge in [0, 0.05) is 0 Å². The van der Waals surface area contributed by atoms with Gasteiger partial charge in [0.15, 0.2) is 0 Å². The van der Waals surface area contributed by atoms with Gasteiger partial charge in [-0.25, -0.2) is 9.18 Å². The molecule has 0 radical (unpaired) electrons. The molecule has 0 heterocycles. The average Bonchev–Trinajstić information content (AvgIpc) is 2.19. The molecule has 0 bridgehead atoms. The third-order valence-electron chi connectivity index (χ3n) is 1.71. The maximum absolute atomic E-state index is 12.9. The lowest BCUT2D eigenvalue weighted by Gasteiger charge is -2.12. The molecule has 0 N–H and O–H groups in total. The Kier molecular flexibility index (Phi) is 3.66. The van der Waals surface area contributed by atoms with Gasteiger partial charge in [0.1, 0.15) is 17.1 Å². The zero-order chi connectivity index (χ0) is 11.4. The minimum atomic E-state index is -0.606. The van der Waals surface area contributed by atoms with Crippen molar-refractivity contribution in [2.75, 3.05) is 7.11 Å². The number of benzene rings is 1. The van der Waals surface area contributed by atoms with Crippen LogP contribution in [-0.2, 0) is 4.74 Å². The largest absolute Gasteiger partial charge is 0.490 e. The van der Waals surface area contributed by atoms with E-state index in [9.17, 15) is 9.18 Å². The average molecular weight is 212 g/mol. The van der Waals surface area contributed by atoms with Crippen LogP contribution in [0.15, 0.2) is 18.2 Å². The minimum Gasteiger partial charge on any atom is -0.490 e. The number of hydrogen-bond donors (Lipinski definition) is 0. The molecule has 0 aromatic heterocycles. The summed E-state index contributed by atoms with van der Waals surface area (Å²) >= 11 is 0. The lowest BCUT2D eigenvalue weighted by Crippen LogP contribution is -2.11. The number of carbonyl (C=O) groups excluding carboxylic acids is 1. The summed E-state index contributed by atoms with van der Waals surface area (Å²) in [6, 6.07) is 3.76. The second-order valence-corrected chi connectivity index (χ2v) is 3.30. The summed E-state index contributed by atoms with van der Waals surface area (Å²) < 4.78 is 22.8. The van der Waals surface area contributed by atoms with Crippen LogP contribution in [0, 0.1) is 5.82 Å². The summed E-state index contributed by atoms with van der Waals surface area (Å²) in [5.41, 5.74) is 0.103. The van der Waals surface area contributed by atoms with Crippen molar-refractivity contribution in [3.63, 3.8) is 0 Å². The van der Waals surface area contributed by atoms with Crippen LogP contribution >= 0.6 is 0 Å². The highest BCUT2D eigenvalue weighted by Crippen LogP contribution is 2.21. The molecule has 1 aromatic rings. The van der Waals surface area contributed by atoms with Gasteiger partial charge in [-0.1, -0.05) is 0 Å². The number of hydrogen-bond acceptors (Lipinski definition) is 3. The molecule has 0 fully saturated rings. The van der Waals surface area contributed by atoms with Gasteiger partial charge in [0.05, 0.1) is 13.2 Å². The van der Waals surface area contributed by atoms with Crippen molar-refractivity contribution in [3.8, 4) is 5.75 Å². The molecule has 0 aliphatic carbocycles. The van der Waals surface area contributed by atoms with Gasteiger partial charge in [0.2, 0.25) is 0 Å². The highest BCUT2D eigenvalue weighted by Gasteiger charge is 2.14. The highest BCUT2D eigenvalue weighted by molar-refractivity contribution is 5.92. The molecular formula is C11H13FO3. The zero-order valence-corrected chi connectivity index (χ0v) is 8.91. The normalized spacial score (nSPS) is 10.2. The summed E-state index contributed by atoms with van der Waals surface area (Å²) in [4.78, 5) is 11.3. The number of rotatable bonds is 3. The van der Waals surface area contributed by atoms with E-state index in [0.717, 1.165) is 6.07 Å². The monoisotopic (exact) mass is 212 g/mol. The van der Waals surface area contributed by atoms with Gasteiger partial charge in [-0.05, 0) is 32.0 Å². The van der Waals surface area contributed by atoms with Gasteiger partial charge >= 0.3 is 5.97 Å². The fourth-order valence-corrected chi connectivity index (χ4v) is 1.13. The van der Waals surface area contributed by atoms with Crippen molar-refractivity contribution in [3.05, 3.63) is 29.6 Å². The molecule has 82 valence electrons. The van der Waals surface area contributed by atoms with Crippen LogP contribution in [0.25, 0.3) is 0 Å². The van der Waals surface area contributed by atoms with E-state index in [1.807, 2.05) is 13.8 Å². The predicted molar refractivity (Wildman–Crippen MR) is 53.5 cm³/mol. The molecule has 15 heavy (non-hydrogen) atoms. The lowest BCUT2D eigenvalue weighted by atomic mass is 10.2. The molecule has 0 unspecified atom stereocenters. The molecule has 4 heteroatoms. The van der Waals surface area contributed by atoms with Crippen molar-refractivity contribution in [1.29, 1.82) is 0 Å². The molecular weight excluding hydrogens is 199 g/mol. The van der Waals surface area contributed by atoms with E-state index in [0.29, 0.717) is 5.75 Å². The summed E-state index contributed by atoms with van der Waals surface area (Å²) in [5, 5.41) is 0. The Hall–Kier alpha value is -1.58. The van der Waals surface area contributed by atoms with Gasteiger partial charge in [-0.2, -0.15) is 0 Å². The fourth-order valence-electron chi connectivity index (χ4n) is 1.13. The van der Waals surface area contributed by atoms with Crippen molar-refractivity contribution < 1.29 is 18.7 Å². The molecule has 0 saturated heterocycles. The number of halogens is 1. The lowest BCUT2D eigenvalue weighted by molar-refractivity contribution is 0.0593. The topological polar surface area (TPSA) is 35.5 Å². The van der Waals surface area contributed by atoms with Crippen LogP contribution in [-0.4, -0.2) is 19.2 Å². The Morgan fingerprint density at radius 3 is 2.60 bits per heavy atom. The van der Waals surface area contributed by atoms with Crippen molar-refractivity contribution in [2.24, 2.45) is 0 Å². The fraction of sp³-hybridized carbons (Fsp3) is 0.364. The van der Waals surface area contributed by atoms with E-state index in [-0.39, 0.29) is 11.7 Å². The molecule has 0 saturated carbocycles. The Labute approximate surface area is 87.8 Å². The van der Waals surface area contributed by atoms with E-state index >= 15 is 0 Å². The minimum absolute atomic E-state index is 0.0844. The third kappa shape index (κ3) is 2.94. The first-order valence-corrected chi connectivity index (χ1v) is 4.59. The van der Waals surface area contributed by atoms with E-state index < -0.39 is 11.8 Å². The first-order valence-electron chi connectivity index (χ1n) is 4.59. The van der Waals surface area contributed by atoms with Crippen LogP contribution in [0.4, 0.5) is 4.39 Å². The van der Waals surface area contributed by atoms with Crippen LogP contribution in [0.3, 0.4) is 0 Å². The molecule has 0 aliphatic rings. The van der Waals surface area contributed by atoms with Crippen molar-refractivity contribution >= 4 is 5.97 Å². The first-order chi connectivity index (χ1) is 7.04. The summed E-state index contributed by atoms with van der Waals surface area (Å²) in [7, 11) is 1.24. The summed E-state index contributed by atoms with van der Waals surface area (Å²) in [6.07, 6.45) is -0.0844. The van der Waals surface area contributed by atoms with Crippen LogP contribution in [0.1, 0.15) is 24.2 Å². The molecule has 0 aliphatic heterocycles. The van der Waals surface area contributed by atoms with Gasteiger partial charge < -0.3 is 9.47 Å². The van der Waals surface area contributed by atoms with E-state index in [1.54, 1.807) is 0 Å². The van der Waals surface area contributed by atoms with Gasteiger partial charge in [-0.15, -0.1) is 0 Å². The van der Waals surface area contributed by atoms with Gasteiger partial charge in [0.25, 0.3) is 0 Å². The number of carbonyl (C=O) groups is 1. The van der Waals surface area contributed by atoms with Crippen LogP contribution in [0.5, 0.6) is 5.75 Å². The molecule has 1 aromatic carbocycles. The van der Waals surface area contributed by atoms with E-state index in [2.05, 4.69) is 4.74 Å².